The lowest BCUT2D eigenvalue weighted by molar-refractivity contribution is -0.122. The molecule has 26 heavy (non-hydrogen) atoms. The standard InChI is InChI=1S/C19H14BrFN2O2S/c1-4-7-22-18(24)17(26-19(22)25)9-13-8-11(2)23(12(13)3)16-6-5-14(20)10-15(16)21/h1,5-6,8-10H,7H2,2-3H3/b17-9+. The van der Waals surface area contributed by atoms with Gasteiger partial charge in [-0.15, -0.1) is 6.42 Å². The zero-order valence-corrected chi connectivity index (χ0v) is 16.4. The number of carbonyl (C=O) groups is 2. The van der Waals surface area contributed by atoms with Crippen LogP contribution in [0.5, 0.6) is 0 Å². The highest BCUT2D eigenvalue weighted by molar-refractivity contribution is 9.10. The Bertz CT molecular complexity index is 1000. The maximum Gasteiger partial charge on any atom is 0.294 e. The van der Waals surface area contributed by atoms with Crippen LogP contribution in [0.3, 0.4) is 0 Å². The van der Waals surface area contributed by atoms with Crippen molar-refractivity contribution >= 4 is 44.9 Å². The molecular formula is C19H14BrFN2O2S. The predicted octanol–water partition coefficient (Wildman–Crippen LogP) is 4.67. The van der Waals surface area contributed by atoms with E-state index in [4.69, 9.17) is 6.42 Å². The molecule has 1 fully saturated rings. The maximum absolute atomic E-state index is 14.4. The first-order chi connectivity index (χ1) is 12.3. The molecule has 7 heteroatoms. The van der Waals surface area contributed by atoms with E-state index in [1.165, 1.54) is 6.07 Å². The van der Waals surface area contributed by atoms with Crippen molar-refractivity contribution in [3.8, 4) is 18.0 Å². The molecule has 2 heterocycles. The lowest BCUT2D eigenvalue weighted by Crippen LogP contribution is -2.28. The normalized spacial score (nSPS) is 15.8. The Morgan fingerprint density at radius 2 is 2.04 bits per heavy atom. The number of carbonyl (C=O) groups excluding carboxylic acids is 2. The van der Waals surface area contributed by atoms with Gasteiger partial charge in [0, 0.05) is 15.9 Å². The van der Waals surface area contributed by atoms with Crippen LogP contribution >= 0.6 is 27.7 Å². The van der Waals surface area contributed by atoms with E-state index < -0.39 is 5.91 Å². The molecule has 0 unspecified atom stereocenters. The number of aromatic nitrogens is 1. The molecule has 1 aromatic carbocycles. The van der Waals surface area contributed by atoms with Gasteiger partial charge >= 0.3 is 0 Å². The second-order valence-electron chi connectivity index (χ2n) is 5.73. The van der Waals surface area contributed by atoms with Gasteiger partial charge < -0.3 is 4.57 Å². The van der Waals surface area contributed by atoms with Crippen LogP contribution in [0.4, 0.5) is 9.18 Å². The van der Waals surface area contributed by atoms with E-state index in [1.807, 2.05) is 19.9 Å². The summed E-state index contributed by atoms with van der Waals surface area (Å²) < 4.78 is 16.8. The van der Waals surface area contributed by atoms with E-state index in [9.17, 15) is 14.0 Å². The number of thioether (sulfide) groups is 1. The van der Waals surface area contributed by atoms with Gasteiger partial charge in [-0.2, -0.15) is 0 Å². The number of aryl methyl sites for hydroxylation is 1. The number of benzene rings is 1. The molecular weight excluding hydrogens is 419 g/mol. The predicted molar refractivity (Wildman–Crippen MR) is 104 cm³/mol. The van der Waals surface area contributed by atoms with Gasteiger partial charge in [-0.1, -0.05) is 21.9 Å². The fourth-order valence-corrected chi connectivity index (χ4v) is 4.00. The van der Waals surface area contributed by atoms with Crippen molar-refractivity contribution in [2.75, 3.05) is 6.54 Å². The highest BCUT2D eigenvalue weighted by Crippen LogP contribution is 2.33. The lowest BCUT2D eigenvalue weighted by Gasteiger charge is -2.11. The third-order valence-electron chi connectivity index (χ3n) is 4.03. The first kappa shape index (κ1) is 18.5. The molecule has 0 N–H and O–H groups in total. The number of hydrogen-bond donors (Lipinski definition) is 0. The van der Waals surface area contributed by atoms with Crippen molar-refractivity contribution < 1.29 is 14.0 Å². The van der Waals surface area contributed by atoms with Gasteiger partial charge in [-0.3, -0.25) is 14.5 Å². The molecule has 0 bridgehead atoms. The molecule has 1 aromatic heterocycles. The number of amides is 2. The lowest BCUT2D eigenvalue weighted by atomic mass is 10.2. The Hall–Kier alpha value is -2.30. The van der Waals surface area contributed by atoms with E-state index in [2.05, 4.69) is 21.9 Å². The van der Waals surface area contributed by atoms with E-state index in [1.54, 1.807) is 22.8 Å². The summed E-state index contributed by atoms with van der Waals surface area (Å²) in [7, 11) is 0. The van der Waals surface area contributed by atoms with Crippen LogP contribution in [-0.2, 0) is 4.79 Å². The number of nitrogens with zero attached hydrogens (tertiary/aromatic N) is 2. The number of rotatable bonds is 3. The fraction of sp³-hybridized carbons (Fsp3) is 0.158. The fourth-order valence-electron chi connectivity index (χ4n) is 2.84. The van der Waals surface area contributed by atoms with E-state index in [0.29, 0.717) is 15.1 Å². The van der Waals surface area contributed by atoms with Gasteiger partial charge in [0.2, 0.25) is 0 Å². The first-order valence-corrected chi connectivity index (χ1v) is 9.27. The summed E-state index contributed by atoms with van der Waals surface area (Å²) >= 11 is 4.11. The summed E-state index contributed by atoms with van der Waals surface area (Å²) in [5.41, 5.74) is 2.75. The molecule has 1 aliphatic heterocycles. The van der Waals surface area contributed by atoms with Crippen molar-refractivity contribution in [2.24, 2.45) is 0 Å². The summed E-state index contributed by atoms with van der Waals surface area (Å²) in [6.45, 7) is 3.65. The quantitative estimate of drug-likeness (QED) is 0.522. The van der Waals surface area contributed by atoms with Crippen LogP contribution in [0.25, 0.3) is 11.8 Å². The monoisotopic (exact) mass is 432 g/mol. The number of halogens is 2. The molecule has 132 valence electrons. The van der Waals surface area contributed by atoms with Crippen molar-refractivity contribution in [3.63, 3.8) is 0 Å². The highest BCUT2D eigenvalue weighted by atomic mass is 79.9. The topological polar surface area (TPSA) is 42.3 Å². The van der Waals surface area contributed by atoms with Crippen LogP contribution in [-0.4, -0.2) is 27.2 Å². The van der Waals surface area contributed by atoms with Gasteiger partial charge in [-0.05, 0) is 61.5 Å². The van der Waals surface area contributed by atoms with Crippen LogP contribution in [0.2, 0.25) is 0 Å². The molecule has 0 aliphatic carbocycles. The van der Waals surface area contributed by atoms with Crippen LogP contribution in [0, 0.1) is 32.0 Å². The van der Waals surface area contributed by atoms with Crippen molar-refractivity contribution in [1.82, 2.24) is 9.47 Å². The average Bonchev–Trinajstić information content (AvgIpc) is 2.99. The summed E-state index contributed by atoms with van der Waals surface area (Å²) in [6.07, 6.45) is 6.85. The minimum absolute atomic E-state index is 0.0505. The van der Waals surface area contributed by atoms with Gasteiger partial charge in [-0.25, -0.2) is 4.39 Å². The van der Waals surface area contributed by atoms with Gasteiger partial charge in [0.15, 0.2) is 0 Å². The molecule has 1 aliphatic rings. The third-order valence-corrected chi connectivity index (χ3v) is 5.43. The molecule has 0 atom stereocenters. The van der Waals surface area contributed by atoms with Crippen molar-refractivity contribution in [2.45, 2.75) is 13.8 Å². The van der Waals surface area contributed by atoms with Crippen LogP contribution in [0.1, 0.15) is 17.0 Å². The zero-order valence-electron chi connectivity index (χ0n) is 14.0. The summed E-state index contributed by atoms with van der Waals surface area (Å²) in [6, 6.07) is 6.71. The summed E-state index contributed by atoms with van der Waals surface area (Å²) in [5.74, 6) is 1.54. The number of terminal acetylenes is 1. The Kier molecular flexibility index (Phi) is 5.08. The van der Waals surface area contributed by atoms with Gasteiger partial charge in [0.1, 0.15) is 5.82 Å². The smallest absolute Gasteiger partial charge is 0.294 e. The van der Waals surface area contributed by atoms with Gasteiger partial charge in [0.25, 0.3) is 11.1 Å². The van der Waals surface area contributed by atoms with E-state index in [-0.39, 0.29) is 17.6 Å². The van der Waals surface area contributed by atoms with Crippen molar-refractivity contribution in [3.05, 3.63) is 56.4 Å². The molecule has 2 amide bonds. The Morgan fingerprint density at radius 3 is 2.69 bits per heavy atom. The van der Waals surface area contributed by atoms with Crippen molar-refractivity contribution in [1.29, 1.82) is 0 Å². The number of hydrogen-bond acceptors (Lipinski definition) is 3. The van der Waals surface area contributed by atoms with Crippen LogP contribution < -0.4 is 0 Å². The van der Waals surface area contributed by atoms with E-state index in [0.717, 1.165) is 33.6 Å². The molecule has 0 radical (unpaired) electrons. The second-order valence-corrected chi connectivity index (χ2v) is 7.64. The molecule has 2 aromatic rings. The van der Waals surface area contributed by atoms with E-state index >= 15 is 0 Å². The molecule has 0 saturated carbocycles. The summed E-state index contributed by atoms with van der Waals surface area (Å²) in [5, 5.41) is -0.382. The Balaban J connectivity index is 2.03. The third kappa shape index (κ3) is 3.22. The number of imide groups is 1. The molecule has 1 saturated heterocycles. The summed E-state index contributed by atoms with van der Waals surface area (Å²) in [4.78, 5) is 25.6. The average molecular weight is 433 g/mol. The first-order valence-electron chi connectivity index (χ1n) is 7.66. The Morgan fingerprint density at radius 1 is 1.31 bits per heavy atom. The maximum atomic E-state index is 14.4. The Labute approximate surface area is 163 Å². The minimum atomic E-state index is -0.405. The van der Waals surface area contributed by atoms with Gasteiger partial charge in [0.05, 0.1) is 17.1 Å². The highest BCUT2D eigenvalue weighted by Gasteiger charge is 2.34. The molecule has 3 rings (SSSR count). The SMILES string of the molecule is C#CCN1C(=O)S/C(=C/c2cc(C)n(-c3ccc(Br)cc3F)c2C)C1=O. The minimum Gasteiger partial charge on any atom is -0.315 e. The largest absolute Gasteiger partial charge is 0.315 e. The second kappa shape index (κ2) is 7.14. The molecule has 0 spiro atoms. The zero-order chi connectivity index (χ0) is 19.0. The van der Waals surface area contributed by atoms with Crippen LogP contribution in [0.15, 0.2) is 33.6 Å². The molecule has 4 nitrogen and oxygen atoms in total.